The Kier molecular flexibility index (Phi) is 12.2. The van der Waals surface area contributed by atoms with Gasteiger partial charge in [-0.2, -0.15) is 0 Å². The minimum atomic E-state index is -0.857. The van der Waals surface area contributed by atoms with Gasteiger partial charge in [0.2, 0.25) is 5.91 Å². The Morgan fingerprint density at radius 2 is 1.53 bits per heavy atom. The summed E-state index contributed by atoms with van der Waals surface area (Å²) in [6, 6.07) is 25.6. The molecule has 202 valence electrons. The lowest BCUT2D eigenvalue weighted by molar-refractivity contribution is -0.137. The van der Waals surface area contributed by atoms with Crippen LogP contribution in [-0.4, -0.2) is 30.1 Å². The second kappa shape index (κ2) is 16.1. The van der Waals surface area contributed by atoms with Crippen molar-refractivity contribution in [2.45, 2.75) is 70.4 Å². The number of unbranched alkanes of at least 4 members (excludes halogenated alkanes) is 3. The summed E-state index contributed by atoms with van der Waals surface area (Å²) in [6.07, 6.45) is 6.30. The molecular weight excluding hydrogens is 478 g/mol. The van der Waals surface area contributed by atoms with Crippen LogP contribution in [0.25, 0.3) is 0 Å². The first-order valence-electron chi connectivity index (χ1n) is 13.4. The number of methoxy groups -OCH3 is 1. The van der Waals surface area contributed by atoms with Crippen molar-refractivity contribution in [2.24, 2.45) is 0 Å². The highest BCUT2D eigenvalue weighted by atomic mass is 16.5. The smallest absolute Gasteiger partial charge is 0.303 e. The van der Waals surface area contributed by atoms with Gasteiger partial charge in [-0.25, -0.2) is 0 Å². The number of carbonyl (C=O) groups excluding carboxylic acids is 1. The van der Waals surface area contributed by atoms with E-state index >= 15 is 0 Å². The molecule has 0 unspecified atom stereocenters. The fourth-order valence-corrected chi connectivity index (χ4v) is 4.43. The molecule has 1 atom stereocenters. The molecule has 3 rings (SSSR count). The van der Waals surface area contributed by atoms with Crippen LogP contribution in [0.2, 0.25) is 0 Å². The van der Waals surface area contributed by atoms with Crippen molar-refractivity contribution in [3.8, 4) is 11.5 Å². The summed E-state index contributed by atoms with van der Waals surface area (Å²) in [7, 11) is 1.69. The van der Waals surface area contributed by atoms with E-state index < -0.39 is 5.97 Å². The molecule has 1 amide bonds. The molecule has 0 aliphatic carbocycles. The van der Waals surface area contributed by atoms with E-state index in [1.165, 1.54) is 5.56 Å². The predicted octanol–water partition coefficient (Wildman–Crippen LogP) is 6.36. The highest BCUT2D eigenvalue weighted by Crippen LogP contribution is 2.20. The van der Waals surface area contributed by atoms with Crippen LogP contribution < -0.4 is 14.8 Å². The van der Waals surface area contributed by atoms with Crippen molar-refractivity contribution < 1.29 is 24.2 Å². The first-order chi connectivity index (χ1) is 18.5. The Morgan fingerprint density at radius 3 is 2.26 bits per heavy atom. The molecule has 0 bridgehead atoms. The largest absolute Gasteiger partial charge is 0.496 e. The molecule has 0 fully saturated rings. The van der Waals surface area contributed by atoms with E-state index in [0.717, 1.165) is 54.7 Å². The van der Waals surface area contributed by atoms with E-state index in [1.54, 1.807) is 7.11 Å². The number of aryl methyl sites for hydroxylation is 1. The van der Waals surface area contributed by atoms with Crippen molar-refractivity contribution >= 4 is 11.9 Å². The van der Waals surface area contributed by atoms with Gasteiger partial charge in [-0.1, -0.05) is 73.5 Å². The number of amides is 1. The highest BCUT2D eigenvalue weighted by Gasteiger charge is 2.15. The fraction of sp³-hybridized carbons (Fsp3) is 0.375. The van der Waals surface area contributed by atoms with Crippen LogP contribution in [-0.2, 0) is 29.0 Å². The first-order valence-corrected chi connectivity index (χ1v) is 13.4. The minimum absolute atomic E-state index is 0.0200. The molecule has 0 aliphatic rings. The molecule has 0 spiro atoms. The summed E-state index contributed by atoms with van der Waals surface area (Å²) in [5.74, 6) is 0.819. The quantitative estimate of drug-likeness (QED) is 0.204. The zero-order chi connectivity index (χ0) is 27.0. The van der Waals surface area contributed by atoms with E-state index in [2.05, 4.69) is 11.4 Å². The summed E-state index contributed by atoms with van der Waals surface area (Å²) in [5, 5.41) is 12.2. The normalized spacial score (nSPS) is 11.5. The van der Waals surface area contributed by atoms with Gasteiger partial charge in [-0.15, -0.1) is 0 Å². The maximum atomic E-state index is 12.6. The summed E-state index contributed by atoms with van der Waals surface area (Å²) in [6.45, 7) is 0.498. The van der Waals surface area contributed by atoms with Gasteiger partial charge >= 0.3 is 5.97 Å². The van der Waals surface area contributed by atoms with E-state index in [-0.39, 0.29) is 18.4 Å². The monoisotopic (exact) mass is 517 g/mol. The molecule has 0 saturated heterocycles. The SMILES string of the molecule is COc1ccccc1CCCCCCC(=O)N[C@@H](CCC(=O)O)Cc1ccc(OCc2ccccc2)cc1. The van der Waals surface area contributed by atoms with Crippen LogP contribution in [0, 0.1) is 0 Å². The van der Waals surface area contributed by atoms with Gasteiger partial charge < -0.3 is 19.9 Å². The number of nitrogens with one attached hydrogen (secondary N) is 1. The number of carboxylic acids is 1. The standard InChI is InChI=1S/C32H39NO5/c1-37-30-15-10-9-14-27(30)13-7-2-3-8-16-31(34)33-28(19-22-32(35)36)23-25-17-20-29(21-18-25)38-24-26-11-5-4-6-12-26/h4-6,9-12,14-15,17-18,20-21,28H,2-3,7-8,13,16,19,22-24H2,1H3,(H,33,34)(H,35,36)/t28-/m0/s1. The molecule has 6 heteroatoms. The number of hydrogen-bond acceptors (Lipinski definition) is 4. The van der Waals surface area contributed by atoms with Gasteiger partial charge in [0.15, 0.2) is 0 Å². The molecule has 2 N–H and O–H groups in total. The molecule has 38 heavy (non-hydrogen) atoms. The van der Waals surface area contributed by atoms with Crippen LogP contribution in [0.3, 0.4) is 0 Å². The van der Waals surface area contributed by atoms with E-state index in [0.29, 0.717) is 25.9 Å². The Hall–Kier alpha value is -3.80. The van der Waals surface area contributed by atoms with Crippen LogP contribution in [0.1, 0.15) is 61.6 Å². The summed E-state index contributed by atoms with van der Waals surface area (Å²) < 4.78 is 11.3. The van der Waals surface area contributed by atoms with Crippen LogP contribution >= 0.6 is 0 Å². The van der Waals surface area contributed by atoms with Gasteiger partial charge in [0, 0.05) is 18.9 Å². The van der Waals surface area contributed by atoms with Crippen molar-refractivity contribution in [1.82, 2.24) is 5.32 Å². The van der Waals surface area contributed by atoms with E-state index in [1.807, 2.05) is 72.8 Å². The Labute approximate surface area is 226 Å². The molecule has 3 aromatic rings. The summed E-state index contributed by atoms with van der Waals surface area (Å²) in [4.78, 5) is 23.8. The van der Waals surface area contributed by atoms with Crippen LogP contribution in [0.15, 0.2) is 78.9 Å². The molecule has 0 radical (unpaired) electrons. The molecular formula is C32H39NO5. The number of benzene rings is 3. The average molecular weight is 518 g/mol. The molecule has 0 heterocycles. The number of carbonyl (C=O) groups is 2. The van der Waals surface area contributed by atoms with Gasteiger partial charge in [-0.05, 0) is 67.0 Å². The van der Waals surface area contributed by atoms with E-state index in [4.69, 9.17) is 14.6 Å². The van der Waals surface area contributed by atoms with Crippen molar-refractivity contribution in [3.63, 3.8) is 0 Å². The minimum Gasteiger partial charge on any atom is -0.496 e. The third kappa shape index (κ3) is 10.7. The summed E-state index contributed by atoms with van der Waals surface area (Å²) in [5.41, 5.74) is 3.35. The maximum Gasteiger partial charge on any atom is 0.303 e. The average Bonchev–Trinajstić information content (AvgIpc) is 2.94. The molecule has 0 saturated carbocycles. The topological polar surface area (TPSA) is 84.9 Å². The number of carboxylic acid groups (broad SMARTS) is 1. The number of ether oxygens (including phenoxy) is 2. The lowest BCUT2D eigenvalue weighted by atomic mass is 10.0. The number of aliphatic carboxylic acids is 1. The van der Waals surface area contributed by atoms with Crippen molar-refractivity contribution in [1.29, 1.82) is 0 Å². The van der Waals surface area contributed by atoms with Gasteiger partial charge in [0.1, 0.15) is 18.1 Å². The highest BCUT2D eigenvalue weighted by molar-refractivity contribution is 5.76. The lowest BCUT2D eigenvalue weighted by Gasteiger charge is -2.18. The fourth-order valence-electron chi connectivity index (χ4n) is 4.43. The Bertz CT molecular complexity index is 1110. The number of para-hydroxylation sites is 1. The first kappa shape index (κ1) is 28.8. The third-order valence-electron chi connectivity index (χ3n) is 6.52. The van der Waals surface area contributed by atoms with Crippen molar-refractivity contribution in [3.05, 3.63) is 95.6 Å². The second-order valence-corrected chi connectivity index (χ2v) is 9.55. The second-order valence-electron chi connectivity index (χ2n) is 9.55. The molecule has 3 aromatic carbocycles. The zero-order valence-corrected chi connectivity index (χ0v) is 22.2. The number of hydrogen-bond donors (Lipinski definition) is 2. The molecule has 0 aromatic heterocycles. The third-order valence-corrected chi connectivity index (χ3v) is 6.52. The van der Waals surface area contributed by atoms with E-state index in [9.17, 15) is 9.59 Å². The van der Waals surface area contributed by atoms with Gasteiger partial charge in [-0.3, -0.25) is 9.59 Å². The van der Waals surface area contributed by atoms with Crippen molar-refractivity contribution in [2.75, 3.05) is 7.11 Å². The van der Waals surface area contributed by atoms with Gasteiger partial charge in [0.05, 0.1) is 7.11 Å². The maximum absolute atomic E-state index is 12.6. The molecule has 6 nitrogen and oxygen atoms in total. The zero-order valence-electron chi connectivity index (χ0n) is 22.2. The molecule has 0 aliphatic heterocycles. The van der Waals surface area contributed by atoms with Crippen LogP contribution in [0.5, 0.6) is 11.5 Å². The van der Waals surface area contributed by atoms with Gasteiger partial charge in [0.25, 0.3) is 0 Å². The Balaban J connectivity index is 1.40. The summed E-state index contributed by atoms with van der Waals surface area (Å²) >= 11 is 0. The number of rotatable bonds is 17. The lowest BCUT2D eigenvalue weighted by Crippen LogP contribution is -2.36. The van der Waals surface area contributed by atoms with Crippen LogP contribution in [0.4, 0.5) is 0 Å². The Morgan fingerprint density at radius 1 is 0.816 bits per heavy atom. The predicted molar refractivity (Wildman–Crippen MR) is 150 cm³/mol.